The Labute approximate surface area is 179 Å². The van der Waals surface area contributed by atoms with E-state index in [-0.39, 0.29) is 0 Å². The van der Waals surface area contributed by atoms with E-state index in [1.165, 1.54) is 0 Å². The van der Waals surface area contributed by atoms with Crippen LogP contribution in [0.4, 0.5) is 5.82 Å². The van der Waals surface area contributed by atoms with Gasteiger partial charge < -0.3 is 10.5 Å². The number of hydrogen-bond donors (Lipinski definition) is 1. The number of nitrogen functional groups attached to an aromatic ring is 1. The molecule has 0 bridgehead atoms. The number of ether oxygens (including phenoxy) is 1. The lowest BCUT2D eigenvalue weighted by Gasteiger charge is -2.09. The summed E-state index contributed by atoms with van der Waals surface area (Å²) in [6.45, 7) is 0.511. The maximum Gasteiger partial charge on any atom is 0.162 e. The van der Waals surface area contributed by atoms with E-state index in [4.69, 9.17) is 10.5 Å². The van der Waals surface area contributed by atoms with E-state index in [1.807, 2.05) is 66.7 Å². The highest BCUT2D eigenvalue weighted by molar-refractivity contribution is 14.1. The lowest BCUT2D eigenvalue weighted by Crippen LogP contribution is -1.98. The molecule has 0 aliphatic carbocycles. The molecule has 1 aromatic heterocycles. The van der Waals surface area contributed by atoms with Crippen LogP contribution >= 0.6 is 38.5 Å². The molecule has 0 saturated carbocycles. The van der Waals surface area contributed by atoms with E-state index >= 15 is 0 Å². The Kier molecular flexibility index (Phi) is 5.27. The second-order valence-corrected chi connectivity index (χ2v) is 8.20. The SMILES string of the molecule is Nc1nc(-c2ccc(OCc3cccc(Br)c3)cc2)nc2ccc(I)cc12. The van der Waals surface area contributed by atoms with Crippen LogP contribution in [0.15, 0.2) is 71.2 Å². The maximum absolute atomic E-state index is 6.13. The number of rotatable bonds is 4. The number of aromatic nitrogens is 2. The van der Waals surface area contributed by atoms with E-state index in [2.05, 4.69) is 48.5 Å². The van der Waals surface area contributed by atoms with Crippen LogP contribution in [-0.2, 0) is 6.61 Å². The minimum Gasteiger partial charge on any atom is -0.489 e. The molecule has 4 aromatic rings. The zero-order valence-corrected chi connectivity index (χ0v) is 17.9. The van der Waals surface area contributed by atoms with Gasteiger partial charge in [0.05, 0.1) is 5.52 Å². The van der Waals surface area contributed by atoms with Gasteiger partial charge in [-0.3, -0.25) is 0 Å². The Hall–Kier alpha value is -2.19. The molecular formula is C21H15BrIN3O. The minimum absolute atomic E-state index is 0.489. The molecule has 0 amide bonds. The summed E-state index contributed by atoms with van der Waals surface area (Å²) < 4.78 is 8.01. The number of halogens is 2. The second kappa shape index (κ2) is 7.82. The molecule has 4 nitrogen and oxygen atoms in total. The summed E-state index contributed by atoms with van der Waals surface area (Å²) in [7, 11) is 0. The molecule has 0 aliphatic rings. The Morgan fingerprint density at radius 2 is 1.78 bits per heavy atom. The van der Waals surface area contributed by atoms with Crippen LogP contribution < -0.4 is 10.5 Å². The first-order chi connectivity index (χ1) is 13.1. The molecule has 6 heteroatoms. The molecule has 0 atom stereocenters. The van der Waals surface area contributed by atoms with Crippen LogP contribution in [0.1, 0.15) is 5.56 Å². The quantitative estimate of drug-likeness (QED) is 0.337. The van der Waals surface area contributed by atoms with Gasteiger partial charge in [0.1, 0.15) is 18.2 Å². The highest BCUT2D eigenvalue weighted by Crippen LogP contribution is 2.26. The lowest BCUT2D eigenvalue weighted by molar-refractivity contribution is 0.306. The van der Waals surface area contributed by atoms with Gasteiger partial charge in [-0.15, -0.1) is 0 Å². The smallest absolute Gasteiger partial charge is 0.162 e. The van der Waals surface area contributed by atoms with Gasteiger partial charge in [0, 0.05) is 19.0 Å². The Balaban J connectivity index is 1.55. The maximum atomic E-state index is 6.13. The summed E-state index contributed by atoms with van der Waals surface area (Å²) in [6.07, 6.45) is 0. The van der Waals surface area contributed by atoms with E-state index < -0.39 is 0 Å². The average molecular weight is 532 g/mol. The Morgan fingerprint density at radius 1 is 0.963 bits per heavy atom. The normalized spacial score (nSPS) is 10.9. The molecule has 27 heavy (non-hydrogen) atoms. The van der Waals surface area contributed by atoms with Crippen molar-refractivity contribution in [2.45, 2.75) is 6.61 Å². The van der Waals surface area contributed by atoms with Crippen LogP contribution in [0.3, 0.4) is 0 Å². The fraction of sp³-hybridized carbons (Fsp3) is 0.0476. The largest absolute Gasteiger partial charge is 0.489 e. The van der Waals surface area contributed by atoms with Crippen LogP contribution in [0.25, 0.3) is 22.3 Å². The van der Waals surface area contributed by atoms with E-state index in [9.17, 15) is 0 Å². The predicted octanol–water partition coefficient (Wildman–Crippen LogP) is 5.83. The predicted molar refractivity (Wildman–Crippen MR) is 121 cm³/mol. The third kappa shape index (κ3) is 4.22. The van der Waals surface area contributed by atoms with Crippen molar-refractivity contribution in [1.29, 1.82) is 0 Å². The second-order valence-electron chi connectivity index (χ2n) is 6.04. The number of anilines is 1. The summed E-state index contributed by atoms with van der Waals surface area (Å²) in [6, 6.07) is 21.8. The average Bonchev–Trinajstić information content (AvgIpc) is 2.67. The first kappa shape index (κ1) is 18.2. The molecule has 134 valence electrons. The topological polar surface area (TPSA) is 61.0 Å². The standard InChI is InChI=1S/C21H15BrIN3O/c22-15-3-1-2-13(10-15)12-27-17-7-4-14(5-8-17)21-25-19-9-6-16(23)11-18(19)20(24)26-21/h1-11H,12H2,(H2,24,25,26). The fourth-order valence-electron chi connectivity index (χ4n) is 2.75. The molecule has 2 N–H and O–H groups in total. The molecule has 0 unspecified atom stereocenters. The lowest BCUT2D eigenvalue weighted by atomic mass is 10.1. The number of fused-ring (bicyclic) bond motifs is 1. The summed E-state index contributed by atoms with van der Waals surface area (Å²) in [5.74, 6) is 1.89. The zero-order chi connectivity index (χ0) is 18.8. The molecule has 3 aromatic carbocycles. The number of nitrogens with zero attached hydrogens (tertiary/aromatic N) is 2. The number of benzene rings is 3. The monoisotopic (exact) mass is 531 g/mol. The minimum atomic E-state index is 0.489. The van der Waals surface area contributed by atoms with Crippen molar-refractivity contribution in [3.05, 3.63) is 80.3 Å². The summed E-state index contributed by atoms with van der Waals surface area (Å²) in [5.41, 5.74) is 8.98. The van der Waals surface area contributed by atoms with Crippen molar-refractivity contribution in [2.24, 2.45) is 0 Å². The van der Waals surface area contributed by atoms with E-state index in [0.29, 0.717) is 18.2 Å². The molecule has 0 radical (unpaired) electrons. The van der Waals surface area contributed by atoms with Crippen molar-refractivity contribution in [1.82, 2.24) is 9.97 Å². The summed E-state index contributed by atoms with van der Waals surface area (Å²) >= 11 is 5.72. The Bertz CT molecular complexity index is 1120. The van der Waals surface area contributed by atoms with Gasteiger partial charge in [-0.25, -0.2) is 9.97 Å². The first-order valence-electron chi connectivity index (χ1n) is 8.29. The fourth-order valence-corrected chi connectivity index (χ4v) is 3.68. The first-order valence-corrected chi connectivity index (χ1v) is 10.2. The summed E-state index contributed by atoms with van der Waals surface area (Å²) in [4.78, 5) is 9.10. The van der Waals surface area contributed by atoms with E-state index in [1.54, 1.807) is 0 Å². The molecule has 1 heterocycles. The van der Waals surface area contributed by atoms with Gasteiger partial charge in [-0.1, -0.05) is 28.1 Å². The third-order valence-corrected chi connectivity index (χ3v) is 5.26. The van der Waals surface area contributed by atoms with Crippen molar-refractivity contribution in [3.63, 3.8) is 0 Å². The van der Waals surface area contributed by atoms with Crippen LogP contribution in [0, 0.1) is 3.57 Å². The van der Waals surface area contributed by atoms with Gasteiger partial charge in [0.25, 0.3) is 0 Å². The van der Waals surface area contributed by atoms with Crippen molar-refractivity contribution in [2.75, 3.05) is 5.73 Å². The van der Waals surface area contributed by atoms with Gasteiger partial charge in [0.2, 0.25) is 0 Å². The van der Waals surface area contributed by atoms with Crippen LogP contribution in [-0.4, -0.2) is 9.97 Å². The highest BCUT2D eigenvalue weighted by atomic mass is 127. The van der Waals surface area contributed by atoms with Gasteiger partial charge >= 0.3 is 0 Å². The van der Waals surface area contributed by atoms with E-state index in [0.717, 1.165) is 35.8 Å². The number of nitrogens with two attached hydrogens (primary N) is 1. The van der Waals surface area contributed by atoms with Crippen LogP contribution in [0.2, 0.25) is 0 Å². The number of hydrogen-bond acceptors (Lipinski definition) is 4. The highest BCUT2D eigenvalue weighted by Gasteiger charge is 2.08. The van der Waals surface area contributed by atoms with Crippen LogP contribution in [0.5, 0.6) is 5.75 Å². The Morgan fingerprint density at radius 3 is 2.56 bits per heavy atom. The third-order valence-electron chi connectivity index (χ3n) is 4.09. The van der Waals surface area contributed by atoms with Gasteiger partial charge in [-0.2, -0.15) is 0 Å². The summed E-state index contributed by atoms with van der Waals surface area (Å²) in [5, 5.41) is 0.875. The molecule has 0 aliphatic heterocycles. The molecule has 0 saturated heterocycles. The van der Waals surface area contributed by atoms with Crippen molar-refractivity contribution >= 4 is 55.2 Å². The van der Waals surface area contributed by atoms with Crippen molar-refractivity contribution < 1.29 is 4.74 Å². The molecule has 0 fully saturated rings. The van der Waals surface area contributed by atoms with Gasteiger partial charge in [-0.05, 0) is 82.8 Å². The van der Waals surface area contributed by atoms with Crippen molar-refractivity contribution in [3.8, 4) is 17.1 Å². The molecule has 0 spiro atoms. The molecular weight excluding hydrogens is 517 g/mol. The molecule has 4 rings (SSSR count). The van der Waals surface area contributed by atoms with Gasteiger partial charge in [0.15, 0.2) is 5.82 Å². The zero-order valence-electron chi connectivity index (χ0n) is 14.2.